The van der Waals surface area contributed by atoms with Gasteiger partial charge in [-0.25, -0.2) is 9.97 Å². The number of hydrogen-bond acceptors (Lipinski definition) is 9. The summed E-state index contributed by atoms with van der Waals surface area (Å²) in [5.41, 5.74) is 7.02. The van der Waals surface area contributed by atoms with E-state index < -0.39 is 0 Å². The summed E-state index contributed by atoms with van der Waals surface area (Å²) in [5, 5.41) is 15.0. The van der Waals surface area contributed by atoms with Crippen molar-refractivity contribution in [1.29, 1.82) is 0 Å². The fraction of sp³-hybridized carbons (Fsp3) is 0.0870. The minimum absolute atomic E-state index is 0.199. The lowest BCUT2D eigenvalue weighted by Gasteiger charge is -2.07. The van der Waals surface area contributed by atoms with Crippen molar-refractivity contribution in [2.24, 2.45) is 10.2 Å². The molecule has 1 N–H and O–H groups in total. The Labute approximate surface area is 197 Å². The van der Waals surface area contributed by atoms with E-state index >= 15 is 0 Å². The first kappa shape index (κ1) is 21.0. The molecule has 0 radical (unpaired) electrons. The molecule has 0 saturated heterocycles. The van der Waals surface area contributed by atoms with Crippen molar-refractivity contribution >= 4 is 50.3 Å². The summed E-state index contributed by atoms with van der Waals surface area (Å²) >= 11 is 2.73. The molecule has 8 nitrogen and oxygen atoms in total. The SMILES string of the molecule is COc1cc(C)cc(-c2csc(N3N=C(c4ccccc4)/C(=N/Nc4nccs4)C3=O)n2)c1. The number of anilines is 2. The Morgan fingerprint density at radius 1 is 1.09 bits per heavy atom. The fourth-order valence-electron chi connectivity index (χ4n) is 3.31. The van der Waals surface area contributed by atoms with Gasteiger partial charge in [-0.05, 0) is 30.7 Å². The lowest BCUT2D eigenvalue weighted by atomic mass is 10.1. The first-order chi connectivity index (χ1) is 16.1. The highest BCUT2D eigenvalue weighted by molar-refractivity contribution is 7.14. The van der Waals surface area contributed by atoms with E-state index in [0.717, 1.165) is 28.1 Å². The summed E-state index contributed by atoms with van der Waals surface area (Å²) in [5.74, 6) is 0.393. The van der Waals surface area contributed by atoms with E-state index in [1.54, 1.807) is 13.3 Å². The second kappa shape index (κ2) is 8.93. The van der Waals surface area contributed by atoms with Gasteiger partial charge in [0.05, 0.1) is 12.8 Å². The highest BCUT2D eigenvalue weighted by Gasteiger charge is 2.35. The van der Waals surface area contributed by atoms with Crippen LogP contribution in [0.5, 0.6) is 5.75 Å². The van der Waals surface area contributed by atoms with Gasteiger partial charge >= 0.3 is 5.91 Å². The van der Waals surface area contributed by atoms with Gasteiger partial charge in [0.15, 0.2) is 5.71 Å². The van der Waals surface area contributed by atoms with Crippen LogP contribution in [0.3, 0.4) is 0 Å². The number of aromatic nitrogens is 2. The van der Waals surface area contributed by atoms with E-state index in [4.69, 9.17) is 4.74 Å². The monoisotopic (exact) mass is 474 g/mol. The standard InChI is InChI=1S/C23H18N6O2S2/c1-14-10-16(12-17(11-14)31-2)18-13-33-23(25-18)29-21(30)20(26-27-22-24-8-9-32-22)19(28-29)15-6-4-3-5-7-15/h3-13H,1-2H3,(H,24,27)/b26-20-. The van der Waals surface area contributed by atoms with Crippen LogP contribution in [0, 0.1) is 6.92 Å². The number of thiazole rings is 2. The third kappa shape index (κ3) is 4.26. The normalized spacial score (nSPS) is 14.6. The van der Waals surface area contributed by atoms with Crippen LogP contribution < -0.4 is 15.2 Å². The number of nitrogens with one attached hydrogen (secondary N) is 1. The van der Waals surface area contributed by atoms with Crippen molar-refractivity contribution < 1.29 is 9.53 Å². The second-order valence-electron chi connectivity index (χ2n) is 7.10. The first-order valence-corrected chi connectivity index (χ1v) is 11.7. The van der Waals surface area contributed by atoms with Crippen LogP contribution in [0.15, 0.2) is 75.7 Å². The third-order valence-electron chi connectivity index (χ3n) is 4.82. The molecule has 0 aliphatic carbocycles. The molecule has 1 aliphatic rings. The van der Waals surface area contributed by atoms with E-state index in [2.05, 4.69) is 25.6 Å². The van der Waals surface area contributed by atoms with Crippen LogP contribution in [-0.4, -0.2) is 34.4 Å². The van der Waals surface area contributed by atoms with Crippen LogP contribution in [-0.2, 0) is 4.79 Å². The lowest BCUT2D eigenvalue weighted by Crippen LogP contribution is -2.28. The Morgan fingerprint density at radius 3 is 2.70 bits per heavy atom. The number of aryl methyl sites for hydroxylation is 1. The summed E-state index contributed by atoms with van der Waals surface area (Å²) in [7, 11) is 1.63. The maximum Gasteiger partial charge on any atom is 0.303 e. The first-order valence-electron chi connectivity index (χ1n) is 9.96. The van der Waals surface area contributed by atoms with Crippen LogP contribution in [0.2, 0.25) is 0 Å². The van der Waals surface area contributed by atoms with E-state index in [1.165, 1.54) is 27.7 Å². The quantitative estimate of drug-likeness (QED) is 0.405. The topological polar surface area (TPSA) is 92.1 Å². The summed E-state index contributed by atoms with van der Waals surface area (Å²) in [6.07, 6.45) is 1.67. The number of ether oxygens (including phenoxy) is 1. The van der Waals surface area contributed by atoms with Gasteiger partial charge in [-0.3, -0.25) is 10.2 Å². The van der Waals surface area contributed by atoms with Crippen molar-refractivity contribution in [3.05, 3.63) is 76.6 Å². The number of hydrogen-bond donors (Lipinski definition) is 1. The largest absolute Gasteiger partial charge is 0.497 e. The molecule has 2 aromatic heterocycles. The summed E-state index contributed by atoms with van der Waals surface area (Å²) in [6.45, 7) is 2.00. The Morgan fingerprint density at radius 2 is 1.94 bits per heavy atom. The van der Waals surface area contributed by atoms with E-state index in [-0.39, 0.29) is 11.6 Å². The molecule has 10 heteroatoms. The number of carbonyl (C=O) groups excluding carboxylic acids is 1. The smallest absolute Gasteiger partial charge is 0.303 e. The van der Waals surface area contributed by atoms with Gasteiger partial charge in [-0.2, -0.15) is 15.2 Å². The Bertz CT molecular complexity index is 1360. The van der Waals surface area contributed by atoms with Crippen molar-refractivity contribution in [3.8, 4) is 17.0 Å². The molecule has 0 spiro atoms. The fourth-order valence-corrected chi connectivity index (χ4v) is 4.56. The lowest BCUT2D eigenvalue weighted by molar-refractivity contribution is -0.112. The molecule has 4 aromatic rings. The number of nitrogens with zero attached hydrogens (tertiary/aromatic N) is 5. The average Bonchev–Trinajstić information content (AvgIpc) is 3.58. The van der Waals surface area contributed by atoms with Gasteiger partial charge < -0.3 is 4.74 Å². The molecule has 0 bridgehead atoms. The number of rotatable bonds is 6. The van der Waals surface area contributed by atoms with Crippen molar-refractivity contribution in [2.75, 3.05) is 17.5 Å². The van der Waals surface area contributed by atoms with E-state index in [9.17, 15) is 4.79 Å². The molecule has 1 amide bonds. The Balaban J connectivity index is 1.51. The van der Waals surface area contributed by atoms with Crippen molar-refractivity contribution in [3.63, 3.8) is 0 Å². The zero-order chi connectivity index (χ0) is 22.8. The van der Waals surface area contributed by atoms with Gasteiger partial charge in [-0.15, -0.1) is 22.7 Å². The van der Waals surface area contributed by atoms with Crippen LogP contribution >= 0.6 is 22.7 Å². The maximum absolute atomic E-state index is 13.3. The molecular formula is C23H18N6O2S2. The van der Waals surface area contributed by atoms with Gasteiger partial charge in [-0.1, -0.05) is 30.3 Å². The van der Waals surface area contributed by atoms with Gasteiger partial charge in [0.25, 0.3) is 0 Å². The van der Waals surface area contributed by atoms with Crippen LogP contribution in [0.1, 0.15) is 11.1 Å². The zero-order valence-corrected chi connectivity index (χ0v) is 19.4. The minimum atomic E-state index is -0.361. The molecule has 33 heavy (non-hydrogen) atoms. The predicted octanol–water partition coefficient (Wildman–Crippen LogP) is 4.80. The zero-order valence-electron chi connectivity index (χ0n) is 17.7. The number of benzene rings is 2. The third-order valence-corrected chi connectivity index (χ3v) is 6.31. The summed E-state index contributed by atoms with van der Waals surface area (Å²) < 4.78 is 5.38. The van der Waals surface area contributed by atoms with E-state index in [1.807, 2.05) is 66.2 Å². The number of methoxy groups -OCH3 is 1. The highest BCUT2D eigenvalue weighted by Crippen LogP contribution is 2.32. The Kier molecular flexibility index (Phi) is 5.68. The molecule has 0 atom stereocenters. The maximum atomic E-state index is 13.3. The average molecular weight is 475 g/mol. The molecule has 3 heterocycles. The molecular weight excluding hydrogens is 456 g/mol. The minimum Gasteiger partial charge on any atom is -0.497 e. The second-order valence-corrected chi connectivity index (χ2v) is 8.83. The molecule has 0 unspecified atom stereocenters. The van der Waals surface area contributed by atoms with Gasteiger partial charge in [0.2, 0.25) is 10.3 Å². The van der Waals surface area contributed by atoms with Crippen molar-refractivity contribution in [2.45, 2.75) is 6.92 Å². The van der Waals surface area contributed by atoms with E-state index in [0.29, 0.717) is 16.0 Å². The molecule has 5 rings (SSSR count). The summed E-state index contributed by atoms with van der Waals surface area (Å²) in [6, 6.07) is 15.4. The Hall–Kier alpha value is -3.89. The van der Waals surface area contributed by atoms with Crippen molar-refractivity contribution in [1.82, 2.24) is 9.97 Å². The molecule has 2 aromatic carbocycles. The predicted molar refractivity (Wildman–Crippen MR) is 132 cm³/mol. The van der Waals surface area contributed by atoms with Crippen LogP contribution in [0.25, 0.3) is 11.3 Å². The molecule has 0 saturated carbocycles. The number of hydrazone groups is 2. The van der Waals surface area contributed by atoms with Gasteiger partial charge in [0.1, 0.15) is 11.5 Å². The van der Waals surface area contributed by atoms with Gasteiger partial charge in [0, 0.05) is 28.1 Å². The molecule has 1 aliphatic heterocycles. The number of amides is 1. The van der Waals surface area contributed by atoms with Crippen LogP contribution in [0.4, 0.5) is 10.3 Å². The summed E-state index contributed by atoms with van der Waals surface area (Å²) in [4.78, 5) is 22.1. The molecule has 164 valence electrons. The highest BCUT2D eigenvalue weighted by atomic mass is 32.1. The number of carbonyl (C=O) groups is 1. The molecule has 0 fully saturated rings.